The molecule has 0 saturated heterocycles. The molecule has 0 aromatic heterocycles. The highest BCUT2D eigenvalue weighted by atomic mass is 16.5. The Hall–Kier alpha value is -2.36. The lowest BCUT2D eigenvalue weighted by Crippen LogP contribution is -1.95. The Kier molecular flexibility index (Phi) is 10.9. The van der Waals surface area contributed by atoms with Gasteiger partial charge in [-0.1, -0.05) is 31.5 Å². The van der Waals surface area contributed by atoms with E-state index in [0.717, 1.165) is 11.3 Å². The molecule has 0 radical (unpaired) electrons. The first-order valence-corrected chi connectivity index (χ1v) is 8.34. The lowest BCUT2D eigenvalue weighted by Gasteiger charge is -2.12. The molecule has 0 atom stereocenters. The molecule has 0 saturated carbocycles. The standard InChI is InChI=1S/C10H14O3.C9H12O.C2H6/c1-7-5-8(11-2)10(13-4)9(6-7)12-3;1-7-4-5-9(10-3)8(2)6-7;1-2/h5-6H,1-4H3;4-6H,1-3H3;1-2H3. The molecule has 2 aromatic rings. The van der Waals surface area contributed by atoms with Crippen molar-refractivity contribution in [2.75, 3.05) is 28.4 Å². The van der Waals surface area contributed by atoms with E-state index < -0.39 is 0 Å². The summed E-state index contributed by atoms with van der Waals surface area (Å²) < 4.78 is 20.6. The lowest BCUT2D eigenvalue weighted by molar-refractivity contribution is 0.324. The number of rotatable bonds is 4. The Morgan fingerprint density at radius 1 is 0.560 bits per heavy atom. The molecule has 0 fully saturated rings. The van der Waals surface area contributed by atoms with E-state index in [1.165, 1.54) is 11.1 Å². The molecule has 0 heterocycles. The van der Waals surface area contributed by atoms with Gasteiger partial charge in [0.25, 0.3) is 0 Å². The number of hydrogen-bond acceptors (Lipinski definition) is 4. The van der Waals surface area contributed by atoms with Crippen LogP contribution in [0.1, 0.15) is 30.5 Å². The molecule has 0 bridgehead atoms. The molecule has 2 rings (SSSR count). The molecule has 0 aliphatic heterocycles. The van der Waals surface area contributed by atoms with Crippen LogP contribution in [-0.2, 0) is 0 Å². The third-order valence-electron chi connectivity index (χ3n) is 3.36. The van der Waals surface area contributed by atoms with Crippen molar-refractivity contribution in [3.63, 3.8) is 0 Å². The van der Waals surface area contributed by atoms with Crippen molar-refractivity contribution >= 4 is 0 Å². The van der Waals surface area contributed by atoms with Crippen LogP contribution < -0.4 is 18.9 Å². The Morgan fingerprint density at radius 3 is 1.40 bits per heavy atom. The maximum Gasteiger partial charge on any atom is 0.203 e. The van der Waals surface area contributed by atoms with Gasteiger partial charge in [0.05, 0.1) is 28.4 Å². The summed E-state index contributed by atoms with van der Waals surface area (Å²) in [7, 11) is 6.50. The zero-order valence-corrected chi connectivity index (χ0v) is 17.0. The summed E-state index contributed by atoms with van der Waals surface area (Å²) in [4.78, 5) is 0. The normalized spacial score (nSPS) is 9.00. The fraction of sp³-hybridized carbons (Fsp3) is 0.429. The molecule has 0 unspecified atom stereocenters. The molecule has 4 nitrogen and oxygen atoms in total. The summed E-state index contributed by atoms with van der Waals surface area (Å²) in [6, 6.07) is 9.96. The number of benzene rings is 2. The maximum atomic E-state index is 5.16. The van der Waals surface area contributed by atoms with Crippen molar-refractivity contribution < 1.29 is 18.9 Å². The molecular formula is C21H32O4. The summed E-state index contributed by atoms with van der Waals surface area (Å²) in [6.07, 6.45) is 0. The van der Waals surface area contributed by atoms with Crippen LogP contribution in [0.25, 0.3) is 0 Å². The highest BCUT2D eigenvalue weighted by molar-refractivity contribution is 5.53. The molecule has 140 valence electrons. The average molecular weight is 348 g/mol. The Morgan fingerprint density at radius 2 is 1.04 bits per heavy atom. The van der Waals surface area contributed by atoms with Crippen LogP contribution in [0, 0.1) is 20.8 Å². The second kappa shape index (κ2) is 12.1. The lowest BCUT2D eigenvalue weighted by atomic mass is 10.1. The Labute approximate surface area is 152 Å². The van der Waals surface area contributed by atoms with E-state index in [-0.39, 0.29) is 0 Å². The van der Waals surface area contributed by atoms with Gasteiger partial charge in [-0.25, -0.2) is 0 Å². The first-order chi connectivity index (χ1) is 12.0. The fourth-order valence-electron chi connectivity index (χ4n) is 2.24. The molecule has 0 spiro atoms. The van der Waals surface area contributed by atoms with Gasteiger partial charge in [0, 0.05) is 0 Å². The molecule has 0 aliphatic carbocycles. The van der Waals surface area contributed by atoms with Crippen LogP contribution in [0.5, 0.6) is 23.0 Å². The average Bonchev–Trinajstić information content (AvgIpc) is 2.63. The van der Waals surface area contributed by atoms with Gasteiger partial charge < -0.3 is 18.9 Å². The largest absolute Gasteiger partial charge is 0.496 e. The fourth-order valence-corrected chi connectivity index (χ4v) is 2.24. The van der Waals surface area contributed by atoms with Crippen LogP contribution >= 0.6 is 0 Å². The smallest absolute Gasteiger partial charge is 0.203 e. The third kappa shape index (κ3) is 6.96. The number of ether oxygens (including phenoxy) is 4. The topological polar surface area (TPSA) is 36.9 Å². The zero-order chi connectivity index (χ0) is 19.4. The van der Waals surface area contributed by atoms with E-state index in [1.807, 2.05) is 52.0 Å². The zero-order valence-electron chi connectivity index (χ0n) is 17.0. The van der Waals surface area contributed by atoms with E-state index in [2.05, 4.69) is 13.0 Å². The monoisotopic (exact) mass is 348 g/mol. The third-order valence-corrected chi connectivity index (χ3v) is 3.36. The van der Waals surface area contributed by atoms with Crippen molar-refractivity contribution in [2.24, 2.45) is 0 Å². The van der Waals surface area contributed by atoms with Crippen LogP contribution in [0.15, 0.2) is 30.3 Å². The van der Waals surface area contributed by atoms with Gasteiger partial charge in [-0.05, 0) is 50.1 Å². The predicted molar refractivity (Wildman–Crippen MR) is 105 cm³/mol. The molecule has 4 heteroatoms. The molecule has 0 N–H and O–H groups in total. The summed E-state index contributed by atoms with van der Waals surface area (Å²) in [5, 5.41) is 0. The predicted octanol–water partition coefficient (Wildman–Crippen LogP) is 5.36. The minimum atomic E-state index is 0.635. The highest BCUT2D eigenvalue weighted by Gasteiger charge is 2.10. The molecule has 0 amide bonds. The van der Waals surface area contributed by atoms with Crippen LogP contribution in [0.3, 0.4) is 0 Å². The van der Waals surface area contributed by atoms with Crippen molar-refractivity contribution in [3.05, 3.63) is 47.0 Å². The van der Waals surface area contributed by atoms with Crippen molar-refractivity contribution in [1.29, 1.82) is 0 Å². The second-order valence-corrected chi connectivity index (χ2v) is 5.18. The molecular weight excluding hydrogens is 316 g/mol. The highest BCUT2D eigenvalue weighted by Crippen LogP contribution is 2.37. The summed E-state index contributed by atoms with van der Waals surface area (Å²) in [5.74, 6) is 2.99. The number of hydrogen-bond donors (Lipinski definition) is 0. The van der Waals surface area contributed by atoms with Gasteiger partial charge in [0.15, 0.2) is 11.5 Å². The second-order valence-electron chi connectivity index (χ2n) is 5.18. The minimum absolute atomic E-state index is 0.635. The SMILES string of the molecule is CC.COc1cc(C)cc(OC)c1OC.COc1ccc(C)cc1C. The van der Waals surface area contributed by atoms with E-state index in [0.29, 0.717) is 17.2 Å². The number of methoxy groups -OCH3 is 4. The van der Waals surface area contributed by atoms with Gasteiger partial charge in [-0.2, -0.15) is 0 Å². The molecule has 25 heavy (non-hydrogen) atoms. The molecule has 2 aromatic carbocycles. The van der Waals surface area contributed by atoms with E-state index in [9.17, 15) is 0 Å². The maximum absolute atomic E-state index is 5.16. The minimum Gasteiger partial charge on any atom is -0.496 e. The number of aryl methyl sites for hydroxylation is 3. The van der Waals surface area contributed by atoms with Gasteiger partial charge in [0.2, 0.25) is 5.75 Å². The first-order valence-electron chi connectivity index (χ1n) is 8.34. The van der Waals surface area contributed by atoms with Gasteiger partial charge in [-0.3, -0.25) is 0 Å². The summed E-state index contributed by atoms with van der Waals surface area (Å²) in [5.41, 5.74) is 3.55. The van der Waals surface area contributed by atoms with E-state index in [1.54, 1.807) is 28.4 Å². The summed E-state index contributed by atoms with van der Waals surface area (Å²) >= 11 is 0. The van der Waals surface area contributed by atoms with E-state index in [4.69, 9.17) is 18.9 Å². The van der Waals surface area contributed by atoms with Gasteiger partial charge in [0.1, 0.15) is 5.75 Å². The van der Waals surface area contributed by atoms with Crippen LogP contribution in [-0.4, -0.2) is 28.4 Å². The van der Waals surface area contributed by atoms with Crippen molar-refractivity contribution in [1.82, 2.24) is 0 Å². The van der Waals surface area contributed by atoms with E-state index >= 15 is 0 Å². The summed E-state index contributed by atoms with van der Waals surface area (Å²) in [6.45, 7) is 10.1. The van der Waals surface area contributed by atoms with Crippen LogP contribution in [0.4, 0.5) is 0 Å². The van der Waals surface area contributed by atoms with Crippen molar-refractivity contribution in [2.45, 2.75) is 34.6 Å². The Bertz CT molecular complexity index is 611. The van der Waals surface area contributed by atoms with Gasteiger partial charge in [-0.15, -0.1) is 0 Å². The Balaban J connectivity index is 0.000000430. The van der Waals surface area contributed by atoms with Gasteiger partial charge >= 0.3 is 0 Å². The molecule has 0 aliphatic rings. The van der Waals surface area contributed by atoms with Crippen LogP contribution in [0.2, 0.25) is 0 Å². The van der Waals surface area contributed by atoms with Crippen molar-refractivity contribution in [3.8, 4) is 23.0 Å². The quantitative estimate of drug-likeness (QED) is 0.745. The first kappa shape index (κ1) is 22.6.